The van der Waals surface area contributed by atoms with Gasteiger partial charge in [0.05, 0.1) is 0 Å². The Hall–Kier alpha value is -1.89. The number of hydrogen-bond donors (Lipinski definition) is 1. The number of fused-ring (bicyclic) bond motifs is 1. The predicted octanol–water partition coefficient (Wildman–Crippen LogP) is 0.632. The molecule has 1 saturated heterocycles. The van der Waals surface area contributed by atoms with E-state index in [0.717, 1.165) is 31.8 Å². The molecule has 7 nitrogen and oxygen atoms in total. The second kappa shape index (κ2) is 5.72. The molecule has 0 bridgehead atoms. The number of imidazole rings is 1. The Morgan fingerprint density at radius 3 is 2.64 bits per heavy atom. The van der Waals surface area contributed by atoms with Crippen LogP contribution in [0.15, 0.2) is 9.59 Å². The number of nitrogens with one attached hydrogen (secondary N) is 1. The first-order valence-electron chi connectivity index (χ1n) is 8.03. The highest BCUT2D eigenvalue weighted by atomic mass is 16.2. The highest BCUT2D eigenvalue weighted by Gasteiger charge is 2.25. The average Bonchev–Trinajstić information content (AvgIpc) is 3.11. The predicted molar refractivity (Wildman–Crippen MR) is 85.5 cm³/mol. The number of rotatable bonds is 4. The third-order valence-corrected chi connectivity index (χ3v) is 4.40. The van der Waals surface area contributed by atoms with Gasteiger partial charge in [-0.05, 0) is 33.2 Å². The first-order valence-corrected chi connectivity index (χ1v) is 8.03. The van der Waals surface area contributed by atoms with Crippen LogP contribution in [0.1, 0.15) is 38.6 Å². The van der Waals surface area contributed by atoms with Crippen LogP contribution in [0.4, 0.5) is 0 Å². The third-order valence-electron chi connectivity index (χ3n) is 4.40. The first-order chi connectivity index (χ1) is 10.6. The maximum absolute atomic E-state index is 12.8. The van der Waals surface area contributed by atoms with Crippen molar-refractivity contribution in [2.45, 2.75) is 52.7 Å². The molecule has 0 aliphatic carbocycles. The van der Waals surface area contributed by atoms with Crippen LogP contribution in [0.3, 0.4) is 0 Å². The number of hydrogen-bond acceptors (Lipinski definition) is 4. The van der Waals surface area contributed by atoms with Crippen molar-refractivity contribution < 1.29 is 0 Å². The van der Waals surface area contributed by atoms with Gasteiger partial charge in [-0.1, -0.05) is 6.92 Å². The molecule has 0 spiro atoms. The van der Waals surface area contributed by atoms with E-state index in [0.29, 0.717) is 24.3 Å². The topological polar surface area (TPSA) is 73.8 Å². The van der Waals surface area contributed by atoms with Crippen LogP contribution >= 0.6 is 0 Å². The summed E-state index contributed by atoms with van der Waals surface area (Å²) in [5.41, 5.74) is 0.630. The van der Waals surface area contributed by atoms with Gasteiger partial charge in [-0.2, -0.15) is 0 Å². The third kappa shape index (κ3) is 2.11. The van der Waals surface area contributed by atoms with Crippen molar-refractivity contribution in [3.8, 4) is 0 Å². The van der Waals surface area contributed by atoms with Gasteiger partial charge < -0.3 is 9.88 Å². The maximum atomic E-state index is 12.8. The molecule has 120 valence electrons. The molecule has 7 heteroatoms. The minimum atomic E-state index is -0.254. The summed E-state index contributed by atoms with van der Waals surface area (Å²) in [4.78, 5) is 29.9. The summed E-state index contributed by atoms with van der Waals surface area (Å²) in [7, 11) is 0. The van der Waals surface area contributed by atoms with E-state index in [4.69, 9.17) is 0 Å². The maximum Gasteiger partial charge on any atom is 0.332 e. The van der Waals surface area contributed by atoms with Crippen LogP contribution in [0, 0.1) is 6.92 Å². The summed E-state index contributed by atoms with van der Waals surface area (Å²) in [5, 5.41) is 3.33. The largest absolute Gasteiger partial charge is 0.332 e. The van der Waals surface area contributed by atoms with Crippen molar-refractivity contribution in [3.05, 3.63) is 26.7 Å². The fourth-order valence-corrected chi connectivity index (χ4v) is 3.38. The molecule has 0 aromatic carbocycles. The second-order valence-corrected chi connectivity index (χ2v) is 5.83. The monoisotopic (exact) mass is 305 g/mol. The quantitative estimate of drug-likeness (QED) is 0.899. The van der Waals surface area contributed by atoms with Gasteiger partial charge in [0.1, 0.15) is 5.82 Å². The van der Waals surface area contributed by atoms with E-state index >= 15 is 0 Å². The van der Waals surface area contributed by atoms with Crippen LogP contribution < -0.4 is 16.6 Å². The summed E-state index contributed by atoms with van der Waals surface area (Å²) in [6.07, 6.45) is 1.80. The van der Waals surface area contributed by atoms with E-state index in [1.54, 1.807) is 4.57 Å². The molecule has 1 unspecified atom stereocenters. The smallest absolute Gasteiger partial charge is 0.318 e. The Morgan fingerprint density at radius 1 is 1.27 bits per heavy atom. The summed E-state index contributed by atoms with van der Waals surface area (Å²) < 4.78 is 4.99. The molecule has 1 N–H and O–H groups in total. The van der Waals surface area contributed by atoms with Crippen LogP contribution in [-0.2, 0) is 13.1 Å². The van der Waals surface area contributed by atoms with Gasteiger partial charge in [-0.15, -0.1) is 0 Å². The molecule has 2 aromatic heterocycles. The van der Waals surface area contributed by atoms with Gasteiger partial charge in [-0.25, -0.2) is 9.78 Å². The lowest BCUT2D eigenvalue weighted by Crippen LogP contribution is -2.40. The molecule has 1 atom stereocenters. The van der Waals surface area contributed by atoms with E-state index in [2.05, 4.69) is 10.3 Å². The zero-order chi connectivity index (χ0) is 15.9. The second-order valence-electron chi connectivity index (χ2n) is 5.83. The molecular formula is C15H23N5O2. The van der Waals surface area contributed by atoms with Crippen molar-refractivity contribution in [1.29, 1.82) is 0 Å². The Morgan fingerprint density at radius 2 is 2.05 bits per heavy atom. The normalized spacial score (nSPS) is 18.4. The summed E-state index contributed by atoms with van der Waals surface area (Å²) in [5.74, 6) is 0.805. The lowest BCUT2D eigenvalue weighted by Gasteiger charge is -2.15. The lowest BCUT2D eigenvalue weighted by molar-refractivity contribution is 0.539. The Bertz CT molecular complexity index is 808. The minimum Gasteiger partial charge on any atom is -0.318 e. The Labute approximate surface area is 128 Å². The number of aromatic nitrogens is 4. The molecule has 1 fully saturated rings. The molecule has 3 heterocycles. The van der Waals surface area contributed by atoms with Gasteiger partial charge >= 0.3 is 5.69 Å². The standard InChI is InChI=1S/C15H23N5O2/c1-4-8-19-13-12(14(21)18(5-2)15(19)22)20(10(3)17-13)11-6-7-16-9-11/h11,16H,4-9H2,1-3H3. The lowest BCUT2D eigenvalue weighted by atomic mass is 10.2. The Balaban J connectivity index is 2.39. The molecule has 0 saturated carbocycles. The molecule has 3 rings (SSSR count). The highest BCUT2D eigenvalue weighted by Crippen LogP contribution is 2.22. The van der Waals surface area contributed by atoms with E-state index in [1.807, 2.05) is 25.3 Å². The molecule has 2 aromatic rings. The fourth-order valence-electron chi connectivity index (χ4n) is 3.38. The zero-order valence-corrected chi connectivity index (χ0v) is 13.4. The summed E-state index contributed by atoms with van der Waals surface area (Å²) in [6, 6.07) is 0.232. The van der Waals surface area contributed by atoms with E-state index in [9.17, 15) is 9.59 Å². The molecule has 1 aliphatic heterocycles. The van der Waals surface area contributed by atoms with Crippen LogP contribution in [-0.4, -0.2) is 31.8 Å². The van der Waals surface area contributed by atoms with Gasteiger partial charge in [0.2, 0.25) is 0 Å². The molecule has 0 radical (unpaired) electrons. The molecule has 22 heavy (non-hydrogen) atoms. The van der Waals surface area contributed by atoms with Gasteiger partial charge in [-0.3, -0.25) is 13.9 Å². The van der Waals surface area contributed by atoms with Crippen LogP contribution in [0.2, 0.25) is 0 Å². The fraction of sp³-hybridized carbons (Fsp3) is 0.667. The van der Waals surface area contributed by atoms with Crippen molar-refractivity contribution in [3.63, 3.8) is 0 Å². The van der Waals surface area contributed by atoms with Gasteiger partial charge in [0.15, 0.2) is 11.2 Å². The van der Waals surface area contributed by atoms with E-state index < -0.39 is 0 Å². The summed E-state index contributed by atoms with van der Waals surface area (Å²) >= 11 is 0. The van der Waals surface area contributed by atoms with Gasteiger partial charge in [0.25, 0.3) is 5.56 Å². The number of nitrogens with zero attached hydrogens (tertiary/aromatic N) is 4. The van der Waals surface area contributed by atoms with Crippen molar-refractivity contribution in [1.82, 2.24) is 24.0 Å². The highest BCUT2D eigenvalue weighted by molar-refractivity contribution is 5.71. The Kier molecular flexibility index (Phi) is 3.90. The average molecular weight is 305 g/mol. The van der Waals surface area contributed by atoms with Crippen molar-refractivity contribution in [2.75, 3.05) is 13.1 Å². The minimum absolute atomic E-state index is 0.220. The zero-order valence-electron chi connectivity index (χ0n) is 13.4. The van der Waals surface area contributed by atoms with Crippen LogP contribution in [0.25, 0.3) is 11.2 Å². The first kappa shape index (κ1) is 15.0. The van der Waals surface area contributed by atoms with Gasteiger partial charge in [0, 0.05) is 25.7 Å². The summed E-state index contributed by atoms with van der Waals surface area (Å²) in [6.45, 7) is 8.50. The molecule has 1 aliphatic rings. The van der Waals surface area contributed by atoms with Crippen molar-refractivity contribution >= 4 is 11.2 Å². The van der Waals surface area contributed by atoms with E-state index in [1.165, 1.54) is 4.57 Å². The SMILES string of the molecule is CCCn1c(=O)n(CC)c(=O)c2c1nc(C)n2C1CCNC1. The number of aryl methyl sites for hydroxylation is 2. The molecule has 0 amide bonds. The van der Waals surface area contributed by atoms with Crippen molar-refractivity contribution in [2.24, 2.45) is 0 Å². The van der Waals surface area contributed by atoms with E-state index in [-0.39, 0.29) is 17.3 Å². The molecular weight excluding hydrogens is 282 g/mol. The van der Waals surface area contributed by atoms with Crippen LogP contribution in [0.5, 0.6) is 0 Å².